The molecule has 0 fully saturated rings. The van der Waals surface area contributed by atoms with E-state index >= 15 is 0 Å². The summed E-state index contributed by atoms with van der Waals surface area (Å²) >= 11 is 3.54. The Morgan fingerprint density at radius 1 is 1.14 bits per heavy atom. The number of para-hydroxylation sites is 1. The number of H-pyrrole nitrogens is 1. The Balaban J connectivity index is 1.98. The highest BCUT2D eigenvalue weighted by Gasteiger charge is 2.15. The summed E-state index contributed by atoms with van der Waals surface area (Å²) < 4.78 is 1.11. The molecule has 108 valence electrons. The van der Waals surface area contributed by atoms with Crippen molar-refractivity contribution in [3.63, 3.8) is 0 Å². The summed E-state index contributed by atoms with van der Waals surface area (Å²) in [4.78, 5) is 3.47. The minimum absolute atomic E-state index is 0.334. The first-order valence-corrected chi connectivity index (χ1v) is 8.00. The smallest absolute Gasteiger partial charge is 0.0458 e. The minimum Gasteiger partial charge on any atom is -0.358 e. The van der Waals surface area contributed by atoms with Crippen LogP contribution in [0.1, 0.15) is 22.7 Å². The predicted molar refractivity (Wildman–Crippen MR) is 92.7 cm³/mol. The van der Waals surface area contributed by atoms with Crippen LogP contribution in [-0.4, -0.2) is 11.5 Å². The fourth-order valence-electron chi connectivity index (χ4n) is 2.94. The molecule has 1 unspecified atom stereocenters. The zero-order chi connectivity index (χ0) is 14.8. The maximum absolute atomic E-state index is 6.04. The molecule has 0 aliphatic rings. The molecule has 1 aromatic heterocycles. The predicted octanol–water partition coefficient (Wildman–Crippen LogP) is 4.52. The molecule has 0 bridgehead atoms. The quantitative estimate of drug-likeness (QED) is 0.718. The van der Waals surface area contributed by atoms with Crippen LogP contribution in [0, 0.1) is 6.92 Å². The molecule has 3 N–H and O–H groups in total. The molecule has 3 heteroatoms. The van der Waals surface area contributed by atoms with Crippen LogP contribution in [0.5, 0.6) is 0 Å². The standard InChI is InChI=1S/C18H19BrN2/c1-12-17(16-7-2-3-8-18(16)21-12)10-14(11-20)13-5-4-6-15(19)9-13/h2-9,14,21H,10-11,20H2,1H3. The van der Waals surface area contributed by atoms with Gasteiger partial charge in [0.1, 0.15) is 0 Å². The van der Waals surface area contributed by atoms with Gasteiger partial charge in [0, 0.05) is 27.0 Å². The summed E-state index contributed by atoms with van der Waals surface area (Å²) in [6.07, 6.45) is 0.961. The molecule has 3 aromatic rings. The van der Waals surface area contributed by atoms with Gasteiger partial charge in [0.05, 0.1) is 0 Å². The molecule has 0 saturated carbocycles. The van der Waals surface area contributed by atoms with Gasteiger partial charge in [0.25, 0.3) is 0 Å². The third kappa shape index (κ3) is 2.89. The Morgan fingerprint density at radius 3 is 2.71 bits per heavy atom. The van der Waals surface area contributed by atoms with Crippen LogP contribution < -0.4 is 5.73 Å². The van der Waals surface area contributed by atoms with Crippen LogP contribution in [0.25, 0.3) is 10.9 Å². The van der Waals surface area contributed by atoms with E-state index < -0.39 is 0 Å². The molecule has 2 nitrogen and oxygen atoms in total. The normalized spacial score (nSPS) is 12.7. The molecule has 3 rings (SSSR count). The highest BCUT2D eigenvalue weighted by Crippen LogP contribution is 2.29. The Labute approximate surface area is 133 Å². The fourth-order valence-corrected chi connectivity index (χ4v) is 3.36. The molecule has 21 heavy (non-hydrogen) atoms. The van der Waals surface area contributed by atoms with Gasteiger partial charge in [-0.15, -0.1) is 0 Å². The van der Waals surface area contributed by atoms with E-state index in [0.717, 1.165) is 10.9 Å². The lowest BCUT2D eigenvalue weighted by Gasteiger charge is -2.16. The lowest BCUT2D eigenvalue weighted by Crippen LogP contribution is -2.15. The van der Waals surface area contributed by atoms with Gasteiger partial charge in [-0.05, 0) is 49.2 Å². The number of nitrogens with two attached hydrogens (primary N) is 1. The molecule has 1 atom stereocenters. The second kappa shape index (κ2) is 6.04. The lowest BCUT2D eigenvalue weighted by molar-refractivity contribution is 0.694. The van der Waals surface area contributed by atoms with E-state index in [1.807, 2.05) is 6.07 Å². The summed E-state index contributed by atoms with van der Waals surface area (Å²) in [5, 5.41) is 1.31. The number of rotatable bonds is 4. The molecule has 0 saturated heterocycles. The first-order chi connectivity index (χ1) is 10.2. The number of aromatic amines is 1. The Kier molecular flexibility index (Phi) is 4.13. The summed E-state index contributed by atoms with van der Waals surface area (Å²) in [6.45, 7) is 2.79. The maximum atomic E-state index is 6.04. The molecule has 0 amide bonds. The van der Waals surface area contributed by atoms with Crippen molar-refractivity contribution in [2.45, 2.75) is 19.3 Å². The van der Waals surface area contributed by atoms with Crippen molar-refractivity contribution in [1.29, 1.82) is 0 Å². The molecular formula is C18H19BrN2. The third-order valence-electron chi connectivity index (χ3n) is 4.08. The number of hydrogen-bond donors (Lipinski definition) is 2. The van der Waals surface area contributed by atoms with Crippen molar-refractivity contribution < 1.29 is 0 Å². The van der Waals surface area contributed by atoms with Crippen LogP contribution in [-0.2, 0) is 6.42 Å². The zero-order valence-electron chi connectivity index (χ0n) is 12.1. The van der Waals surface area contributed by atoms with Crippen molar-refractivity contribution in [3.8, 4) is 0 Å². The van der Waals surface area contributed by atoms with Gasteiger partial charge in [-0.25, -0.2) is 0 Å². The number of hydrogen-bond acceptors (Lipinski definition) is 1. The highest BCUT2D eigenvalue weighted by molar-refractivity contribution is 9.10. The molecule has 0 aliphatic heterocycles. The zero-order valence-corrected chi connectivity index (χ0v) is 13.7. The van der Waals surface area contributed by atoms with Crippen molar-refractivity contribution in [2.75, 3.05) is 6.54 Å². The van der Waals surface area contributed by atoms with Gasteiger partial charge in [-0.2, -0.15) is 0 Å². The van der Waals surface area contributed by atoms with Gasteiger partial charge in [0.15, 0.2) is 0 Å². The highest BCUT2D eigenvalue weighted by atomic mass is 79.9. The molecular weight excluding hydrogens is 324 g/mol. The largest absolute Gasteiger partial charge is 0.358 e. The van der Waals surface area contributed by atoms with Gasteiger partial charge in [-0.1, -0.05) is 46.3 Å². The summed E-state index contributed by atoms with van der Waals surface area (Å²) in [7, 11) is 0. The second-order valence-corrected chi connectivity index (χ2v) is 6.38. The van der Waals surface area contributed by atoms with Crippen LogP contribution in [0.3, 0.4) is 0 Å². The van der Waals surface area contributed by atoms with Crippen LogP contribution in [0.2, 0.25) is 0 Å². The topological polar surface area (TPSA) is 41.8 Å². The Bertz CT molecular complexity index is 761. The van der Waals surface area contributed by atoms with Gasteiger partial charge >= 0.3 is 0 Å². The van der Waals surface area contributed by atoms with E-state index in [4.69, 9.17) is 5.73 Å². The van der Waals surface area contributed by atoms with Crippen LogP contribution in [0.4, 0.5) is 0 Å². The number of aromatic nitrogens is 1. The number of halogens is 1. The van der Waals surface area contributed by atoms with E-state index in [9.17, 15) is 0 Å². The van der Waals surface area contributed by atoms with Crippen molar-refractivity contribution in [2.24, 2.45) is 5.73 Å². The summed E-state index contributed by atoms with van der Waals surface area (Å²) in [5.41, 5.74) is 11.1. The number of aryl methyl sites for hydroxylation is 1. The maximum Gasteiger partial charge on any atom is 0.0458 e. The molecule has 1 heterocycles. The monoisotopic (exact) mass is 342 g/mol. The van der Waals surface area contributed by atoms with E-state index in [-0.39, 0.29) is 0 Å². The summed E-state index contributed by atoms with van der Waals surface area (Å²) in [6, 6.07) is 16.9. The van der Waals surface area contributed by atoms with Crippen LogP contribution >= 0.6 is 15.9 Å². The fraction of sp³-hybridized carbons (Fsp3) is 0.222. The molecule has 0 spiro atoms. The van der Waals surface area contributed by atoms with E-state index in [2.05, 4.69) is 70.3 Å². The number of fused-ring (bicyclic) bond motifs is 1. The average Bonchev–Trinajstić information content (AvgIpc) is 2.80. The minimum atomic E-state index is 0.334. The van der Waals surface area contributed by atoms with Gasteiger partial charge in [-0.3, -0.25) is 0 Å². The number of benzene rings is 2. The van der Waals surface area contributed by atoms with E-state index in [0.29, 0.717) is 12.5 Å². The number of nitrogens with one attached hydrogen (secondary N) is 1. The van der Waals surface area contributed by atoms with Crippen molar-refractivity contribution >= 4 is 26.8 Å². The summed E-state index contributed by atoms with van der Waals surface area (Å²) in [5.74, 6) is 0.334. The second-order valence-electron chi connectivity index (χ2n) is 5.47. The molecule has 0 aliphatic carbocycles. The average molecular weight is 343 g/mol. The first kappa shape index (κ1) is 14.4. The molecule has 0 radical (unpaired) electrons. The van der Waals surface area contributed by atoms with Crippen LogP contribution in [0.15, 0.2) is 53.0 Å². The van der Waals surface area contributed by atoms with E-state index in [1.54, 1.807) is 0 Å². The van der Waals surface area contributed by atoms with Gasteiger partial charge < -0.3 is 10.7 Å². The van der Waals surface area contributed by atoms with Gasteiger partial charge in [0.2, 0.25) is 0 Å². The third-order valence-corrected chi connectivity index (χ3v) is 4.58. The molecule has 2 aromatic carbocycles. The Morgan fingerprint density at radius 2 is 1.95 bits per heavy atom. The van der Waals surface area contributed by atoms with E-state index in [1.165, 1.54) is 27.7 Å². The lowest BCUT2D eigenvalue weighted by atomic mass is 9.91. The Hall–Kier alpha value is -1.58. The SMILES string of the molecule is Cc1[nH]c2ccccc2c1CC(CN)c1cccc(Br)c1. The van der Waals surface area contributed by atoms with Crippen molar-refractivity contribution in [1.82, 2.24) is 4.98 Å². The van der Waals surface area contributed by atoms with Crippen molar-refractivity contribution in [3.05, 3.63) is 69.8 Å². The first-order valence-electron chi connectivity index (χ1n) is 7.20.